The van der Waals surface area contributed by atoms with Crippen molar-refractivity contribution in [2.24, 2.45) is 11.3 Å². The van der Waals surface area contributed by atoms with Crippen molar-refractivity contribution in [1.29, 1.82) is 0 Å². The van der Waals surface area contributed by atoms with E-state index < -0.39 is 0 Å². The van der Waals surface area contributed by atoms with Gasteiger partial charge in [-0.2, -0.15) is 11.3 Å². The Morgan fingerprint density at radius 2 is 2.08 bits per heavy atom. The molecular formula is C21H24O2S. The lowest BCUT2D eigenvalue weighted by Gasteiger charge is -2.54. The highest BCUT2D eigenvalue weighted by Gasteiger charge is 2.54. The van der Waals surface area contributed by atoms with Gasteiger partial charge in [-0.1, -0.05) is 26.3 Å². The van der Waals surface area contributed by atoms with Crippen LogP contribution in [0.25, 0.3) is 0 Å². The maximum absolute atomic E-state index is 13.3. The summed E-state index contributed by atoms with van der Waals surface area (Å²) in [5, 5.41) is 14.0. The normalized spacial score (nSPS) is 32.0. The number of phenolic OH excluding ortho intramolecular Hbond substituents is 1. The summed E-state index contributed by atoms with van der Waals surface area (Å²) < 4.78 is 0. The van der Waals surface area contributed by atoms with Gasteiger partial charge in [0, 0.05) is 16.4 Å². The summed E-state index contributed by atoms with van der Waals surface area (Å²) in [5.41, 5.74) is 3.15. The third kappa shape index (κ3) is 2.17. The van der Waals surface area contributed by atoms with Crippen molar-refractivity contribution in [3.8, 4) is 5.75 Å². The van der Waals surface area contributed by atoms with E-state index >= 15 is 0 Å². The van der Waals surface area contributed by atoms with Crippen molar-refractivity contribution in [3.05, 3.63) is 51.7 Å². The van der Waals surface area contributed by atoms with E-state index in [0.717, 1.165) is 37.7 Å². The van der Waals surface area contributed by atoms with Gasteiger partial charge in [0.25, 0.3) is 0 Å². The zero-order valence-corrected chi connectivity index (χ0v) is 15.2. The lowest BCUT2D eigenvalue weighted by Crippen LogP contribution is -2.52. The minimum atomic E-state index is -0.308. The van der Waals surface area contributed by atoms with E-state index in [0.29, 0.717) is 17.5 Å². The first-order valence-electron chi connectivity index (χ1n) is 8.84. The molecule has 0 bridgehead atoms. The SMILES string of the molecule is CC12CCC[C@](C)(C(=O)c3ccsc3)[C@@H]1CCc1ccc(O)cc12. The van der Waals surface area contributed by atoms with Crippen LogP contribution in [0.3, 0.4) is 0 Å². The maximum Gasteiger partial charge on any atom is 0.169 e. The number of thiophene rings is 1. The Hall–Kier alpha value is -1.61. The molecule has 3 atom stereocenters. The monoisotopic (exact) mass is 340 g/mol. The molecular weight excluding hydrogens is 316 g/mol. The molecule has 0 radical (unpaired) electrons. The molecule has 126 valence electrons. The maximum atomic E-state index is 13.3. The van der Waals surface area contributed by atoms with Gasteiger partial charge >= 0.3 is 0 Å². The molecule has 0 amide bonds. The summed E-state index contributed by atoms with van der Waals surface area (Å²) in [6, 6.07) is 7.77. The molecule has 4 rings (SSSR count). The van der Waals surface area contributed by atoms with Crippen LogP contribution >= 0.6 is 11.3 Å². The van der Waals surface area contributed by atoms with Crippen LogP contribution in [0, 0.1) is 11.3 Å². The summed E-state index contributed by atoms with van der Waals surface area (Å²) in [6.07, 6.45) is 5.19. The van der Waals surface area contributed by atoms with Crippen molar-refractivity contribution in [2.75, 3.05) is 0 Å². The predicted molar refractivity (Wildman–Crippen MR) is 97.9 cm³/mol. The second kappa shape index (κ2) is 5.45. The van der Waals surface area contributed by atoms with Gasteiger partial charge in [-0.3, -0.25) is 4.79 Å². The van der Waals surface area contributed by atoms with Crippen LogP contribution in [0.5, 0.6) is 5.75 Å². The van der Waals surface area contributed by atoms with Crippen molar-refractivity contribution >= 4 is 17.1 Å². The van der Waals surface area contributed by atoms with Gasteiger partial charge in [-0.15, -0.1) is 0 Å². The van der Waals surface area contributed by atoms with Crippen molar-refractivity contribution in [3.63, 3.8) is 0 Å². The number of aromatic hydroxyl groups is 1. The Morgan fingerprint density at radius 3 is 2.83 bits per heavy atom. The van der Waals surface area contributed by atoms with E-state index in [9.17, 15) is 9.90 Å². The zero-order chi connectivity index (χ0) is 16.9. The molecule has 2 nitrogen and oxygen atoms in total. The minimum absolute atomic E-state index is 0.0228. The van der Waals surface area contributed by atoms with Crippen molar-refractivity contribution < 1.29 is 9.90 Å². The fourth-order valence-electron chi connectivity index (χ4n) is 5.44. The van der Waals surface area contributed by atoms with Crippen molar-refractivity contribution in [2.45, 2.75) is 51.4 Å². The van der Waals surface area contributed by atoms with Crippen LogP contribution in [0.2, 0.25) is 0 Å². The summed E-state index contributed by atoms with van der Waals surface area (Å²) in [6.45, 7) is 4.50. The molecule has 0 spiro atoms. The molecule has 2 aliphatic carbocycles. The Balaban J connectivity index is 1.80. The highest BCUT2D eigenvalue weighted by Crippen LogP contribution is 2.58. The molecule has 3 heteroatoms. The largest absolute Gasteiger partial charge is 0.508 e. The molecule has 1 aromatic carbocycles. The number of rotatable bonds is 2. The lowest BCUT2D eigenvalue weighted by atomic mass is 9.48. The summed E-state index contributed by atoms with van der Waals surface area (Å²) in [7, 11) is 0. The molecule has 1 heterocycles. The van der Waals surface area contributed by atoms with Crippen LogP contribution in [0.15, 0.2) is 35.0 Å². The summed E-state index contributed by atoms with van der Waals surface area (Å²) in [5.74, 6) is 0.982. The molecule has 1 unspecified atom stereocenters. The molecule has 1 fully saturated rings. The molecule has 2 aromatic rings. The number of carbonyl (C=O) groups is 1. The lowest BCUT2D eigenvalue weighted by molar-refractivity contribution is 0.0246. The fourth-order valence-corrected chi connectivity index (χ4v) is 6.08. The molecule has 1 N–H and O–H groups in total. The Labute approximate surface area is 147 Å². The second-order valence-electron chi connectivity index (χ2n) is 7.96. The number of ketones is 1. The number of fused-ring (bicyclic) bond motifs is 3. The van der Waals surface area contributed by atoms with E-state index in [-0.39, 0.29) is 10.8 Å². The minimum Gasteiger partial charge on any atom is -0.508 e. The van der Waals surface area contributed by atoms with Gasteiger partial charge in [-0.25, -0.2) is 0 Å². The van der Waals surface area contributed by atoms with Crippen molar-refractivity contribution in [1.82, 2.24) is 0 Å². The second-order valence-corrected chi connectivity index (χ2v) is 8.74. The average molecular weight is 340 g/mol. The van der Waals surface area contributed by atoms with Gasteiger partial charge in [0.1, 0.15) is 5.75 Å². The first kappa shape index (κ1) is 15.9. The van der Waals surface area contributed by atoms with E-state index in [4.69, 9.17) is 0 Å². The molecule has 2 aliphatic rings. The predicted octanol–water partition coefficient (Wildman–Crippen LogP) is 5.35. The van der Waals surface area contributed by atoms with Crippen LogP contribution in [0.1, 0.15) is 61.0 Å². The van der Waals surface area contributed by atoms with Gasteiger partial charge < -0.3 is 5.11 Å². The van der Waals surface area contributed by atoms with Gasteiger partial charge in [0.2, 0.25) is 0 Å². The van der Waals surface area contributed by atoms with E-state index in [1.165, 1.54) is 11.1 Å². The average Bonchev–Trinajstić information content (AvgIpc) is 3.09. The van der Waals surface area contributed by atoms with Crippen LogP contribution < -0.4 is 0 Å². The quantitative estimate of drug-likeness (QED) is 0.749. The molecule has 0 saturated heterocycles. The Morgan fingerprint density at radius 1 is 1.25 bits per heavy atom. The molecule has 24 heavy (non-hydrogen) atoms. The first-order chi connectivity index (χ1) is 11.4. The van der Waals surface area contributed by atoms with Gasteiger partial charge in [-0.05, 0) is 71.7 Å². The highest BCUT2D eigenvalue weighted by atomic mass is 32.1. The van der Waals surface area contributed by atoms with Crippen LogP contribution in [-0.4, -0.2) is 10.9 Å². The van der Waals surface area contributed by atoms with Crippen LogP contribution in [0.4, 0.5) is 0 Å². The third-order valence-electron chi connectivity index (χ3n) is 6.64. The zero-order valence-electron chi connectivity index (χ0n) is 14.3. The van der Waals surface area contributed by atoms with E-state index in [2.05, 4.69) is 19.9 Å². The highest BCUT2D eigenvalue weighted by molar-refractivity contribution is 7.08. The van der Waals surface area contributed by atoms with Gasteiger partial charge in [0.05, 0.1) is 0 Å². The van der Waals surface area contributed by atoms with E-state index in [1.54, 1.807) is 17.4 Å². The van der Waals surface area contributed by atoms with Gasteiger partial charge in [0.15, 0.2) is 5.78 Å². The third-order valence-corrected chi connectivity index (χ3v) is 7.33. The summed E-state index contributed by atoms with van der Waals surface area (Å²) in [4.78, 5) is 13.3. The standard InChI is InChI=1S/C21H24O2S/c1-20-9-3-10-21(2,19(23)15-8-11-24-13-15)18(20)7-5-14-4-6-16(22)12-17(14)20/h4,6,8,11-13,18,22H,3,5,7,9-10H2,1-2H3/t18-,20?,21+/m1/s1. The Kier molecular flexibility index (Phi) is 3.61. The topological polar surface area (TPSA) is 37.3 Å². The fraction of sp³-hybridized carbons (Fsp3) is 0.476. The molecule has 0 aliphatic heterocycles. The van der Waals surface area contributed by atoms with Crippen LogP contribution in [-0.2, 0) is 11.8 Å². The molecule has 1 aromatic heterocycles. The Bertz CT molecular complexity index is 779. The number of carbonyl (C=O) groups excluding carboxylic acids is 1. The smallest absolute Gasteiger partial charge is 0.169 e. The number of aryl methyl sites for hydroxylation is 1. The number of benzene rings is 1. The number of Topliss-reactive ketones (excluding diaryl/α,β-unsaturated/α-hetero) is 1. The number of hydrogen-bond acceptors (Lipinski definition) is 3. The number of hydrogen-bond donors (Lipinski definition) is 1. The first-order valence-corrected chi connectivity index (χ1v) is 9.79. The van der Waals surface area contributed by atoms with E-state index in [1.807, 2.05) is 22.9 Å². The summed E-state index contributed by atoms with van der Waals surface area (Å²) >= 11 is 1.60. The number of phenols is 1. The molecule has 1 saturated carbocycles.